The predicted molar refractivity (Wildman–Crippen MR) is 145 cm³/mol. The molecule has 4 rings (SSSR count). The summed E-state index contributed by atoms with van der Waals surface area (Å²) in [5.41, 5.74) is 4.01. The van der Waals surface area contributed by atoms with E-state index >= 15 is 0 Å². The van der Waals surface area contributed by atoms with E-state index in [1.165, 1.54) is 0 Å². The maximum absolute atomic E-state index is 13.3. The van der Waals surface area contributed by atoms with E-state index in [0.29, 0.717) is 23.7 Å². The first-order valence-corrected chi connectivity index (χ1v) is 13.2. The fourth-order valence-electron chi connectivity index (χ4n) is 4.73. The molecule has 8 nitrogen and oxygen atoms in total. The van der Waals surface area contributed by atoms with Crippen molar-refractivity contribution in [3.05, 3.63) is 53.6 Å². The summed E-state index contributed by atoms with van der Waals surface area (Å²) >= 11 is 0. The van der Waals surface area contributed by atoms with Crippen molar-refractivity contribution in [1.29, 1.82) is 0 Å². The average molecular weight is 494 g/mol. The molecule has 2 aliphatic rings. The molecule has 3 amide bonds. The average Bonchev–Trinajstić information content (AvgIpc) is 2.90. The van der Waals surface area contributed by atoms with Gasteiger partial charge in [-0.3, -0.25) is 9.69 Å². The molecule has 2 aliphatic heterocycles. The third kappa shape index (κ3) is 7.21. The number of nitrogens with zero attached hydrogens (tertiary/aromatic N) is 2. The fourth-order valence-corrected chi connectivity index (χ4v) is 4.73. The van der Waals surface area contributed by atoms with Gasteiger partial charge in [-0.05, 0) is 61.1 Å². The number of amides is 3. The summed E-state index contributed by atoms with van der Waals surface area (Å²) in [6.07, 6.45) is 3.12. The van der Waals surface area contributed by atoms with Gasteiger partial charge in [-0.25, -0.2) is 4.79 Å². The number of rotatable bonds is 8. The summed E-state index contributed by atoms with van der Waals surface area (Å²) in [6, 6.07) is 13.1. The maximum atomic E-state index is 13.3. The Hall–Kier alpha value is -3.10. The largest absolute Gasteiger partial charge is 0.379 e. The minimum absolute atomic E-state index is 0.114. The Kier molecular flexibility index (Phi) is 9.19. The summed E-state index contributed by atoms with van der Waals surface area (Å²) in [5, 5.41) is 8.88. The molecular weight excluding hydrogens is 454 g/mol. The molecule has 3 N–H and O–H groups in total. The van der Waals surface area contributed by atoms with Crippen LogP contribution in [0.25, 0.3) is 0 Å². The Morgan fingerprint density at radius 1 is 0.972 bits per heavy atom. The van der Waals surface area contributed by atoms with Crippen LogP contribution in [0, 0.1) is 5.92 Å². The normalized spacial score (nSPS) is 17.0. The van der Waals surface area contributed by atoms with Crippen molar-refractivity contribution in [2.45, 2.75) is 33.1 Å². The van der Waals surface area contributed by atoms with Crippen LogP contribution in [0.15, 0.2) is 42.5 Å². The van der Waals surface area contributed by atoms with Gasteiger partial charge in [-0.1, -0.05) is 26.0 Å². The Morgan fingerprint density at radius 2 is 1.69 bits per heavy atom. The molecular formula is C28H39N5O3. The molecule has 2 heterocycles. The number of carbonyl (C=O) groups excluding carboxylic acids is 2. The molecule has 2 fully saturated rings. The van der Waals surface area contributed by atoms with Crippen molar-refractivity contribution in [2.24, 2.45) is 5.92 Å². The van der Waals surface area contributed by atoms with E-state index in [2.05, 4.69) is 39.6 Å². The number of nitrogens with one attached hydrogen (secondary N) is 3. The van der Waals surface area contributed by atoms with E-state index in [9.17, 15) is 9.59 Å². The zero-order valence-electron chi connectivity index (χ0n) is 21.5. The van der Waals surface area contributed by atoms with Gasteiger partial charge in [0, 0.05) is 56.3 Å². The van der Waals surface area contributed by atoms with E-state index in [1.54, 1.807) is 6.07 Å². The molecule has 0 atom stereocenters. The molecule has 0 spiro atoms. The number of carbonyl (C=O) groups is 2. The minimum atomic E-state index is -0.332. The highest BCUT2D eigenvalue weighted by Crippen LogP contribution is 2.29. The molecule has 2 aromatic carbocycles. The second-order valence-corrected chi connectivity index (χ2v) is 9.74. The van der Waals surface area contributed by atoms with Gasteiger partial charge in [0.05, 0.1) is 18.8 Å². The highest BCUT2D eigenvalue weighted by Gasteiger charge is 2.22. The lowest BCUT2D eigenvalue weighted by atomic mass is 9.98. The Balaban J connectivity index is 1.45. The number of hydrogen-bond donors (Lipinski definition) is 3. The van der Waals surface area contributed by atoms with Gasteiger partial charge in [-0.2, -0.15) is 0 Å². The van der Waals surface area contributed by atoms with Gasteiger partial charge >= 0.3 is 6.03 Å². The number of anilines is 3. The predicted octanol–water partition coefficient (Wildman–Crippen LogP) is 4.19. The van der Waals surface area contributed by atoms with Crippen molar-refractivity contribution >= 4 is 29.0 Å². The Bertz CT molecular complexity index is 1030. The van der Waals surface area contributed by atoms with Crippen molar-refractivity contribution in [2.75, 3.05) is 68.0 Å². The molecule has 0 saturated carbocycles. The second kappa shape index (κ2) is 12.7. The molecule has 2 aromatic rings. The van der Waals surface area contributed by atoms with Crippen molar-refractivity contribution in [1.82, 2.24) is 10.2 Å². The maximum Gasteiger partial charge on any atom is 0.323 e. The van der Waals surface area contributed by atoms with Crippen LogP contribution in [-0.2, 0) is 11.2 Å². The highest BCUT2D eigenvalue weighted by molar-refractivity contribution is 6.04. The highest BCUT2D eigenvalue weighted by atomic mass is 16.5. The summed E-state index contributed by atoms with van der Waals surface area (Å²) in [7, 11) is 0. The molecule has 0 radical (unpaired) electrons. The van der Waals surface area contributed by atoms with Crippen molar-refractivity contribution in [3.8, 4) is 0 Å². The lowest BCUT2D eigenvalue weighted by Crippen LogP contribution is -2.41. The van der Waals surface area contributed by atoms with Crippen LogP contribution in [0.2, 0.25) is 0 Å². The van der Waals surface area contributed by atoms with Gasteiger partial charge in [-0.15, -0.1) is 0 Å². The third-order valence-corrected chi connectivity index (χ3v) is 7.03. The van der Waals surface area contributed by atoms with Crippen molar-refractivity contribution in [3.63, 3.8) is 0 Å². The quantitative estimate of drug-likeness (QED) is 0.513. The van der Waals surface area contributed by atoms with E-state index in [0.717, 1.165) is 82.1 Å². The molecule has 0 unspecified atom stereocenters. The van der Waals surface area contributed by atoms with Crippen LogP contribution in [0.4, 0.5) is 21.9 Å². The van der Waals surface area contributed by atoms with Crippen LogP contribution >= 0.6 is 0 Å². The zero-order valence-corrected chi connectivity index (χ0v) is 21.5. The van der Waals surface area contributed by atoms with E-state index in [4.69, 9.17) is 4.74 Å². The van der Waals surface area contributed by atoms with Gasteiger partial charge < -0.3 is 25.6 Å². The molecule has 2 saturated heterocycles. The fraction of sp³-hybridized carbons (Fsp3) is 0.500. The van der Waals surface area contributed by atoms with Crippen LogP contribution in [-0.4, -0.2) is 69.3 Å². The van der Waals surface area contributed by atoms with Gasteiger partial charge in [0.15, 0.2) is 0 Å². The first kappa shape index (κ1) is 26.0. The Morgan fingerprint density at radius 3 is 2.42 bits per heavy atom. The number of hydrogen-bond acceptors (Lipinski definition) is 5. The van der Waals surface area contributed by atoms with Crippen molar-refractivity contribution < 1.29 is 14.3 Å². The first-order chi connectivity index (χ1) is 17.5. The van der Waals surface area contributed by atoms with E-state index < -0.39 is 0 Å². The molecule has 0 bridgehead atoms. The number of urea groups is 1. The van der Waals surface area contributed by atoms with Crippen LogP contribution in [0.3, 0.4) is 0 Å². The summed E-state index contributed by atoms with van der Waals surface area (Å²) < 4.78 is 5.41. The summed E-state index contributed by atoms with van der Waals surface area (Å²) in [5.74, 6) is 0.583. The number of aryl methyl sites for hydroxylation is 1. The number of ether oxygens (including phenoxy) is 1. The lowest BCUT2D eigenvalue weighted by Gasteiger charge is -2.33. The standard InChI is InChI=1S/C28H39N5O3/c1-3-22-5-4-6-23(19-22)30-28(35)31-24-7-8-26(33-12-9-21(2)10-13-33)25(20-24)27(34)29-11-14-32-15-17-36-18-16-32/h4-8,19-21H,3,9-18H2,1-2H3,(H,29,34)(H2,30,31,35). The molecule has 0 aliphatic carbocycles. The number of morpholine rings is 1. The van der Waals surface area contributed by atoms with Gasteiger partial charge in [0.25, 0.3) is 5.91 Å². The first-order valence-electron chi connectivity index (χ1n) is 13.2. The smallest absolute Gasteiger partial charge is 0.323 e. The second-order valence-electron chi connectivity index (χ2n) is 9.74. The van der Waals surface area contributed by atoms with Gasteiger partial charge in [0.2, 0.25) is 0 Å². The number of benzene rings is 2. The van der Waals surface area contributed by atoms with E-state index in [-0.39, 0.29) is 11.9 Å². The minimum Gasteiger partial charge on any atom is -0.379 e. The topological polar surface area (TPSA) is 85.9 Å². The lowest BCUT2D eigenvalue weighted by molar-refractivity contribution is 0.0383. The molecule has 0 aromatic heterocycles. The summed E-state index contributed by atoms with van der Waals surface area (Å²) in [4.78, 5) is 30.6. The SMILES string of the molecule is CCc1cccc(NC(=O)Nc2ccc(N3CCC(C)CC3)c(C(=O)NCCN3CCOCC3)c2)c1. The molecule has 194 valence electrons. The monoisotopic (exact) mass is 493 g/mol. The Labute approximate surface area is 214 Å². The zero-order chi connectivity index (χ0) is 25.3. The van der Waals surface area contributed by atoms with E-state index in [1.807, 2.05) is 36.4 Å². The summed E-state index contributed by atoms with van der Waals surface area (Å²) in [6.45, 7) is 10.8. The van der Waals surface area contributed by atoms with Gasteiger partial charge in [0.1, 0.15) is 0 Å². The molecule has 8 heteroatoms. The molecule has 36 heavy (non-hydrogen) atoms. The van der Waals surface area contributed by atoms with Crippen LogP contribution in [0.1, 0.15) is 42.6 Å². The van der Waals surface area contributed by atoms with Crippen LogP contribution < -0.4 is 20.9 Å². The van der Waals surface area contributed by atoms with Crippen LogP contribution in [0.5, 0.6) is 0 Å². The number of piperidine rings is 1. The third-order valence-electron chi connectivity index (χ3n) is 7.03.